The van der Waals surface area contributed by atoms with E-state index in [1.165, 1.54) is 5.57 Å². The largest absolute Gasteiger partial charge is 0.353 e. The molecule has 0 saturated carbocycles. The van der Waals surface area contributed by atoms with Crippen LogP contribution in [0.1, 0.15) is 68.7 Å². The summed E-state index contributed by atoms with van der Waals surface area (Å²) in [4.78, 5) is 10.9. The Morgan fingerprint density at radius 2 is 1.63 bits per heavy atom. The average Bonchev–Trinajstić information content (AvgIpc) is 2.43. The van der Waals surface area contributed by atoms with Gasteiger partial charge in [-0.2, -0.15) is 0 Å². The van der Waals surface area contributed by atoms with Crippen LogP contribution in [0.15, 0.2) is 23.8 Å². The van der Waals surface area contributed by atoms with Gasteiger partial charge in [0.05, 0.1) is 0 Å². The molecule has 0 saturated heterocycles. The lowest BCUT2D eigenvalue weighted by Crippen LogP contribution is -2.36. The Labute approximate surface area is 121 Å². The number of rotatable bonds is 5. The molecule has 0 aromatic heterocycles. The molecular formula is C17H35NO. The Hall–Kier alpha value is -1.05. The van der Waals surface area contributed by atoms with Crippen molar-refractivity contribution in [3.63, 3.8) is 0 Å². The van der Waals surface area contributed by atoms with Crippen LogP contribution in [0, 0.1) is 5.92 Å². The van der Waals surface area contributed by atoms with E-state index in [0.717, 1.165) is 6.42 Å². The lowest BCUT2D eigenvalue weighted by Gasteiger charge is -2.21. The van der Waals surface area contributed by atoms with Crippen molar-refractivity contribution in [2.75, 3.05) is 0 Å². The molecule has 1 N–H and O–H groups in total. The molecule has 0 aliphatic heterocycles. The number of carbonyl (C=O) groups is 1. The van der Waals surface area contributed by atoms with Gasteiger partial charge in [0.25, 0.3) is 0 Å². The lowest BCUT2D eigenvalue weighted by molar-refractivity contribution is -0.119. The predicted octanol–water partition coefficient (Wildman–Crippen LogP) is 5.11. The summed E-state index contributed by atoms with van der Waals surface area (Å²) in [5, 5.41) is 2.92. The standard InChI is InChI=1S/C13H23NO.2C2H6/c1-6-8-9-13(7-2)10(3)11(4)14-12(5)15;2*1-2/h7-11H,6H2,1-5H3,(H,14,15);2*1-2H3/b9-8-,13-7+;;/t10-,11-;;/m0../s1. The smallest absolute Gasteiger partial charge is 0.217 e. The Bertz CT molecular complexity index is 254. The van der Waals surface area contributed by atoms with Gasteiger partial charge in [-0.1, -0.05) is 59.8 Å². The van der Waals surface area contributed by atoms with Crippen molar-refractivity contribution >= 4 is 5.91 Å². The summed E-state index contributed by atoms with van der Waals surface area (Å²) in [6, 6.07) is 0.176. The number of nitrogens with one attached hydrogen (secondary N) is 1. The molecule has 0 spiro atoms. The van der Waals surface area contributed by atoms with E-state index in [-0.39, 0.29) is 11.9 Å². The fraction of sp³-hybridized carbons (Fsp3) is 0.706. The van der Waals surface area contributed by atoms with Crippen LogP contribution in [0.4, 0.5) is 0 Å². The van der Waals surface area contributed by atoms with E-state index in [2.05, 4.69) is 37.4 Å². The topological polar surface area (TPSA) is 29.1 Å². The molecule has 1 amide bonds. The highest BCUT2D eigenvalue weighted by atomic mass is 16.1. The molecule has 0 aromatic carbocycles. The van der Waals surface area contributed by atoms with Crippen LogP contribution in [0.2, 0.25) is 0 Å². The summed E-state index contributed by atoms with van der Waals surface area (Å²) >= 11 is 0. The highest BCUT2D eigenvalue weighted by molar-refractivity contribution is 5.73. The molecule has 2 heteroatoms. The molecule has 0 rings (SSSR count). The van der Waals surface area contributed by atoms with Gasteiger partial charge in [-0.3, -0.25) is 4.79 Å². The van der Waals surface area contributed by atoms with Crippen molar-refractivity contribution in [2.24, 2.45) is 5.92 Å². The molecule has 0 heterocycles. The normalized spacial score (nSPS) is 13.6. The minimum atomic E-state index is 0.0317. The average molecular weight is 269 g/mol. The Morgan fingerprint density at radius 3 is 1.95 bits per heavy atom. The number of amides is 1. The van der Waals surface area contributed by atoms with Gasteiger partial charge in [-0.15, -0.1) is 0 Å². The van der Waals surface area contributed by atoms with Crippen LogP contribution < -0.4 is 5.32 Å². The molecular weight excluding hydrogens is 234 g/mol. The molecule has 0 aromatic rings. The molecule has 0 aliphatic rings. The van der Waals surface area contributed by atoms with Crippen LogP contribution in [0.25, 0.3) is 0 Å². The Morgan fingerprint density at radius 1 is 1.16 bits per heavy atom. The van der Waals surface area contributed by atoms with Gasteiger partial charge in [0.2, 0.25) is 5.91 Å². The van der Waals surface area contributed by atoms with E-state index in [9.17, 15) is 4.79 Å². The van der Waals surface area contributed by atoms with Crippen molar-refractivity contribution in [1.82, 2.24) is 5.32 Å². The van der Waals surface area contributed by atoms with Crippen molar-refractivity contribution in [1.29, 1.82) is 0 Å². The first kappa shape index (κ1) is 23.1. The minimum absolute atomic E-state index is 0.0317. The highest BCUT2D eigenvalue weighted by Crippen LogP contribution is 2.16. The van der Waals surface area contributed by atoms with Crippen molar-refractivity contribution in [3.8, 4) is 0 Å². The second-order valence-electron chi connectivity index (χ2n) is 3.88. The molecule has 0 fully saturated rings. The second kappa shape index (κ2) is 16.9. The molecule has 0 bridgehead atoms. The third-order valence-corrected chi connectivity index (χ3v) is 2.59. The van der Waals surface area contributed by atoms with Crippen molar-refractivity contribution in [3.05, 3.63) is 23.8 Å². The fourth-order valence-electron chi connectivity index (χ4n) is 1.50. The highest BCUT2D eigenvalue weighted by Gasteiger charge is 2.14. The lowest BCUT2D eigenvalue weighted by atomic mass is 9.93. The summed E-state index contributed by atoms with van der Waals surface area (Å²) in [7, 11) is 0. The monoisotopic (exact) mass is 269 g/mol. The molecule has 114 valence electrons. The third kappa shape index (κ3) is 13.2. The van der Waals surface area contributed by atoms with E-state index in [1.54, 1.807) is 6.92 Å². The van der Waals surface area contributed by atoms with Gasteiger partial charge in [-0.25, -0.2) is 0 Å². The number of hydrogen-bond acceptors (Lipinski definition) is 1. The number of allylic oxidation sites excluding steroid dienone is 3. The summed E-state index contributed by atoms with van der Waals surface area (Å²) in [6.07, 6.45) is 7.43. The van der Waals surface area contributed by atoms with Crippen LogP contribution in [0.3, 0.4) is 0 Å². The minimum Gasteiger partial charge on any atom is -0.353 e. The zero-order valence-electron chi connectivity index (χ0n) is 14.5. The molecule has 0 unspecified atom stereocenters. The maximum atomic E-state index is 10.9. The van der Waals surface area contributed by atoms with E-state index in [0.29, 0.717) is 5.92 Å². The van der Waals surface area contributed by atoms with Crippen LogP contribution >= 0.6 is 0 Å². The van der Waals surface area contributed by atoms with E-state index < -0.39 is 0 Å². The van der Waals surface area contributed by atoms with Crippen LogP contribution in [-0.4, -0.2) is 11.9 Å². The van der Waals surface area contributed by atoms with E-state index in [1.807, 2.05) is 41.5 Å². The van der Waals surface area contributed by atoms with Gasteiger partial charge >= 0.3 is 0 Å². The summed E-state index contributed by atoms with van der Waals surface area (Å²) in [6.45, 7) is 17.9. The maximum absolute atomic E-state index is 10.9. The van der Waals surface area contributed by atoms with Gasteiger partial charge in [0, 0.05) is 18.9 Å². The predicted molar refractivity (Wildman–Crippen MR) is 88.3 cm³/mol. The van der Waals surface area contributed by atoms with Gasteiger partial charge in [-0.05, 0) is 25.8 Å². The SMILES string of the molecule is C/C=C(\C=C/CC)[C@@H](C)[C@H](C)NC(C)=O.CC.CC. The molecule has 2 nitrogen and oxygen atoms in total. The van der Waals surface area contributed by atoms with Gasteiger partial charge < -0.3 is 5.32 Å². The van der Waals surface area contributed by atoms with Crippen molar-refractivity contribution in [2.45, 2.75) is 74.8 Å². The van der Waals surface area contributed by atoms with E-state index >= 15 is 0 Å². The number of carbonyl (C=O) groups excluding carboxylic acids is 1. The van der Waals surface area contributed by atoms with E-state index in [4.69, 9.17) is 0 Å². The van der Waals surface area contributed by atoms with Crippen LogP contribution in [0.5, 0.6) is 0 Å². The first-order chi connectivity index (χ1) is 9.02. The molecule has 2 atom stereocenters. The summed E-state index contributed by atoms with van der Waals surface area (Å²) in [5.74, 6) is 0.381. The van der Waals surface area contributed by atoms with Gasteiger partial charge in [0.15, 0.2) is 0 Å². The first-order valence-electron chi connectivity index (χ1n) is 7.62. The zero-order chi connectivity index (χ0) is 15.8. The fourth-order valence-corrected chi connectivity index (χ4v) is 1.50. The summed E-state index contributed by atoms with van der Waals surface area (Å²) < 4.78 is 0. The third-order valence-electron chi connectivity index (χ3n) is 2.59. The Kier molecular flexibility index (Phi) is 20.6. The molecule has 19 heavy (non-hydrogen) atoms. The first-order valence-corrected chi connectivity index (χ1v) is 7.62. The summed E-state index contributed by atoms with van der Waals surface area (Å²) in [5.41, 5.74) is 1.28. The molecule has 0 radical (unpaired) electrons. The quantitative estimate of drug-likeness (QED) is 0.690. The van der Waals surface area contributed by atoms with Crippen molar-refractivity contribution < 1.29 is 4.79 Å². The molecule has 0 aliphatic carbocycles. The van der Waals surface area contributed by atoms with Gasteiger partial charge in [0.1, 0.15) is 0 Å². The zero-order valence-corrected chi connectivity index (χ0v) is 14.5. The second-order valence-corrected chi connectivity index (χ2v) is 3.88. The number of hydrogen-bond donors (Lipinski definition) is 1. The maximum Gasteiger partial charge on any atom is 0.217 e. The van der Waals surface area contributed by atoms with Crippen LogP contribution in [-0.2, 0) is 4.79 Å². The Balaban J connectivity index is -0.000000579.